The summed E-state index contributed by atoms with van der Waals surface area (Å²) in [5, 5.41) is 5.93. The molecular formula is C27H35ClN4O5. The first-order valence-electron chi connectivity index (χ1n) is 12.4. The maximum Gasteiger partial charge on any atom is 0.407 e. The monoisotopic (exact) mass is 530 g/mol. The number of benzene rings is 2. The number of halogens is 1. The minimum Gasteiger partial charge on any atom is -0.497 e. The fourth-order valence-electron chi connectivity index (χ4n) is 4.86. The van der Waals surface area contributed by atoms with Crippen molar-refractivity contribution in [2.75, 3.05) is 33.4 Å². The molecule has 2 fully saturated rings. The lowest BCUT2D eigenvalue weighted by atomic mass is 9.87. The van der Waals surface area contributed by atoms with Crippen LogP contribution in [0.5, 0.6) is 5.75 Å². The van der Waals surface area contributed by atoms with Gasteiger partial charge in [0.2, 0.25) is 0 Å². The van der Waals surface area contributed by atoms with E-state index in [2.05, 4.69) is 15.5 Å². The maximum atomic E-state index is 13.3. The Hall–Kier alpha value is -3.30. The number of hydrogen-bond donors (Lipinski definition) is 2. The molecule has 37 heavy (non-hydrogen) atoms. The number of methoxy groups -OCH3 is 1. The Labute approximate surface area is 223 Å². The number of amides is 4. The number of urea groups is 1. The van der Waals surface area contributed by atoms with Crippen LogP contribution in [-0.2, 0) is 16.1 Å². The average molecular weight is 531 g/mol. The maximum absolute atomic E-state index is 13.3. The number of hydrogen-bond acceptors (Lipinski definition) is 6. The van der Waals surface area contributed by atoms with Crippen LogP contribution in [0.1, 0.15) is 43.4 Å². The fourth-order valence-corrected chi connectivity index (χ4v) is 4.86. The summed E-state index contributed by atoms with van der Waals surface area (Å²) in [6.07, 6.45) is 1.38. The molecular weight excluding hydrogens is 496 g/mol. The highest BCUT2D eigenvalue weighted by atomic mass is 35.5. The van der Waals surface area contributed by atoms with E-state index in [0.29, 0.717) is 39.0 Å². The molecule has 0 radical (unpaired) electrons. The molecule has 9 nitrogen and oxygen atoms in total. The second kappa shape index (κ2) is 12.8. The summed E-state index contributed by atoms with van der Waals surface area (Å²) in [6, 6.07) is 16.7. The van der Waals surface area contributed by atoms with Crippen LogP contribution in [0, 0.1) is 0 Å². The molecule has 2 saturated heterocycles. The molecule has 0 unspecified atom stereocenters. The largest absolute Gasteiger partial charge is 0.497 e. The summed E-state index contributed by atoms with van der Waals surface area (Å²) in [6.45, 7) is 4.45. The number of rotatable bonds is 9. The summed E-state index contributed by atoms with van der Waals surface area (Å²) in [4.78, 5) is 41.7. The molecule has 4 amide bonds. The smallest absolute Gasteiger partial charge is 0.407 e. The fraction of sp³-hybridized carbons (Fsp3) is 0.444. The Morgan fingerprint density at radius 1 is 1.08 bits per heavy atom. The van der Waals surface area contributed by atoms with Crippen LogP contribution in [-0.4, -0.2) is 66.7 Å². The molecule has 2 aliphatic rings. The summed E-state index contributed by atoms with van der Waals surface area (Å²) in [7, 11) is 1.60. The van der Waals surface area contributed by atoms with E-state index in [4.69, 9.17) is 9.47 Å². The predicted molar refractivity (Wildman–Crippen MR) is 142 cm³/mol. The number of nitrogens with one attached hydrogen (secondary N) is 2. The Balaban J connectivity index is 0.00000380. The molecule has 2 aromatic carbocycles. The Bertz CT molecular complexity index is 1060. The first-order chi connectivity index (χ1) is 17.4. The number of imide groups is 1. The van der Waals surface area contributed by atoms with Crippen LogP contribution in [0.15, 0.2) is 54.6 Å². The van der Waals surface area contributed by atoms with Gasteiger partial charge in [-0.05, 0) is 49.4 Å². The number of piperidine rings is 1. The standard InChI is InChI=1S/C27H34N4O5.ClH/c1-3-36-26(34)28-23(21-7-5-4-6-8-21)13-16-30-17-14-27(15-18-30)24(32)31(25(33)29-27)19-20-9-11-22(35-2)12-10-20;/h4-12,23H,3,13-19H2,1-2H3,(H,28,34)(H,29,33);1H/t23-;/m0./s1. The number of ether oxygens (including phenoxy) is 2. The number of carbonyl (C=O) groups excluding carboxylic acids is 3. The van der Waals surface area contributed by atoms with E-state index in [-0.39, 0.29) is 36.9 Å². The molecule has 2 aliphatic heterocycles. The van der Waals surface area contributed by atoms with E-state index in [9.17, 15) is 14.4 Å². The molecule has 2 aromatic rings. The minimum absolute atomic E-state index is 0. The van der Waals surface area contributed by atoms with Crippen molar-refractivity contribution in [3.63, 3.8) is 0 Å². The van der Waals surface area contributed by atoms with Crippen LogP contribution in [0.25, 0.3) is 0 Å². The normalized spacial score (nSPS) is 17.6. The van der Waals surface area contributed by atoms with Crippen LogP contribution in [0.3, 0.4) is 0 Å². The number of nitrogens with zero attached hydrogens (tertiary/aromatic N) is 2. The van der Waals surface area contributed by atoms with Crippen molar-refractivity contribution in [3.8, 4) is 5.75 Å². The van der Waals surface area contributed by atoms with E-state index in [0.717, 1.165) is 23.4 Å². The van der Waals surface area contributed by atoms with Crippen molar-refractivity contribution in [3.05, 3.63) is 65.7 Å². The van der Waals surface area contributed by atoms with Crippen LogP contribution in [0.2, 0.25) is 0 Å². The van der Waals surface area contributed by atoms with Gasteiger partial charge in [0.25, 0.3) is 5.91 Å². The van der Waals surface area contributed by atoms with Crippen molar-refractivity contribution in [2.45, 2.75) is 44.3 Å². The van der Waals surface area contributed by atoms with Gasteiger partial charge in [0, 0.05) is 19.6 Å². The molecule has 0 bridgehead atoms. The second-order valence-corrected chi connectivity index (χ2v) is 9.21. The molecule has 2 N–H and O–H groups in total. The minimum atomic E-state index is -0.845. The van der Waals surface area contributed by atoms with Gasteiger partial charge in [0.05, 0.1) is 26.3 Å². The number of alkyl carbamates (subject to hydrolysis) is 1. The lowest BCUT2D eigenvalue weighted by Gasteiger charge is -2.37. The number of carbonyl (C=O) groups is 3. The zero-order valence-corrected chi connectivity index (χ0v) is 22.1. The highest BCUT2D eigenvalue weighted by molar-refractivity contribution is 6.07. The van der Waals surface area contributed by atoms with Gasteiger partial charge in [0.1, 0.15) is 11.3 Å². The molecule has 200 valence electrons. The summed E-state index contributed by atoms with van der Waals surface area (Å²) >= 11 is 0. The Kier molecular flexibility index (Phi) is 9.77. The van der Waals surface area contributed by atoms with Gasteiger partial charge in [-0.1, -0.05) is 42.5 Å². The van der Waals surface area contributed by atoms with Gasteiger partial charge in [-0.3, -0.25) is 9.69 Å². The van der Waals surface area contributed by atoms with Crippen molar-refractivity contribution < 1.29 is 23.9 Å². The molecule has 10 heteroatoms. The Morgan fingerprint density at radius 3 is 2.38 bits per heavy atom. The zero-order valence-electron chi connectivity index (χ0n) is 21.3. The molecule has 0 saturated carbocycles. The van der Waals surface area contributed by atoms with Crippen molar-refractivity contribution >= 4 is 30.4 Å². The SMILES string of the molecule is CCOC(=O)N[C@@H](CCN1CCC2(CC1)NC(=O)N(Cc1ccc(OC)cc1)C2=O)c1ccccc1.Cl. The first kappa shape index (κ1) is 28.3. The average Bonchev–Trinajstić information content (AvgIpc) is 3.12. The first-order valence-corrected chi connectivity index (χ1v) is 12.4. The van der Waals surface area contributed by atoms with Gasteiger partial charge in [-0.25, -0.2) is 9.59 Å². The van der Waals surface area contributed by atoms with Gasteiger partial charge in [-0.2, -0.15) is 0 Å². The zero-order chi connectivity index (χ0) is 25.5. The lowest BCUT2D eigenvalue weighted by molar-refractivity contribution is -0.133. The molecule has 2 heterocycles. The van der Waals surface area contributed by atoms with Gasteiger partial charge >= 0.3 is 12.1 Å². The van der Waals surface area contributed by atoms with Crippen molar-refractivity contribution in [1.82, 2.24) is 20.4 Å². The van der Waals surface area contributed by atoms with Gasteiger partial charge in [0.15, 0.2) is 0 Å². The quantitative estimate of drug-likeness (QED) is 0.477. The van der Waals surface area contributed by atoms with E-state index >= 15 is 0 Å². The third kappa shape index (κ3) is 6.72. The Morgan fingerprint density at radius 2 is 1.76 bits per heavy atom. The van der Waals surface area contributed by atoms with Crippen LogP contribution < -0.4 is 15.4 Å². The summed E-state index contributed by atoms with van der Waals surface area (Å²) < 4.78 is 10.3. The second-order valence-electron chi connectivity index (χ2n) is 9.21. The summed E-state index contributed by atoms with van der Waals surface area (Å²) in [5.41, 5.74) is 1.04. The van der Waals surface area contributed by atoms with Gasteiger partial charge in [-0.15, -0.1) is 12.4 Å². The van der Waals surface area contributed by atoms with Crippen LogP contribution >= 0.6 is 12.4 Å². The molecule has 4 rings (SSSR count). The van der Waals surface area contributed by atoms with Crippen LogP contribution in [0.4, 0.5) is 9.59 Å². The van der Waals surface area contributed by atoms with Crippen molar-refractivity contribution in [2.24, 2.45) is 0 Å². The lowest BCUT2D eigenvalue weighted by Crippen LogP contribution is -2.55. The molecule has 0 aliphatic carbocycles. The third-order valence-electron chi connectivity index (χ3n) is 6.96. The topological polar surface area (TPSA) is 100 Å². The van der Waals surface area contributed by atoms with E-state index in [1.165, 1.54) is 4.90 Å². The highest BCUT2D eigenvalue weighted by Gasteiger charge is 2.52. The van der Waals surface area contributed by atoms with Crippen molar-refractivity contribution in [1.29, 1.82) is 0 Å². The van der Waals surface area contributed by atoms with E-state index in [1.807, 2.05) is 54.6 Å². The molecule has 1 atom stereocenters. The van der Waals surface area contributed by atoms with Gasteiger partial charge < -0.3 is 25.0 Å². The summed E-state index contributed by atoms with van der Waals surface area (Å²) in [5.74, 6) is 0.570. The van der Waals surface area contributed by atoms with E-state index in [1.54, 1.807) is 14.0 Å². The molecule has 0 aromatic heterocycles. The highest BCUT2D eigenvalue weighted by Crippen LogP contribution is 2.31. The predicted octanol–water partition coefficient (Wildman–Crippen LogP) is 3.88. The number of likely N-dealkylation sites (tertiary alicyclic amines) is 1. The van der Waals surface area contributed by atoms with E-state index < -0.39 is 11.6 Å². The molecule has 1 spiro atoms. The third-order valence-corrected chi connectivity index (χ3v) is 6.96.